The summed E-state index contributed by atoms with van der Waals surface area (Å²) in [5.74, 6) is 2.72. The van der Waals surface area contributed by atoms with E-state index in [1.807, 2.05) is 18.2 Å². The van der Waals surface area contributed by atoms with Gasteiger partial charge in [0.05, 0.1) is 23.3 Å². The summed E-state index contributed by atoms with van der Waals surface area (Å²) in [5.41, 5.74) is 3.12. The van der Waals surface area contributed by atoms with Gasteiger partial charge in [0.2, 0.25) is 0 Å². The van der Waals surface area contributed by atoms with E-state index < -0.39 is 0 Å². The molecule has 3 aromatic rings. The second-order valence-electron chi connectivity index (χ2n) is 4.61. The molecule has 0 atom stereocenters. The van der Waals surface area contributed by atoms with Gasteiger partial charge in [-0.3, -0.25) is 0 Å². The molecule has 0 amide bonds. The van der Waals surface area contributed by atoms with Crippen LogP contribution in [0.5, 0.6) is 0 Å². The van der Waals surface area contributed by atoms with Crippen LogP contribution in [0.3, 0.4) is 0 Å². The molecule has 0 saturated carbocycles. The van der Waals surface area contributed by atoms with Crippen LogP contribution in [0.4, 0.5) is 5.69 Å². The smallest absolute Gasteiger partial charge is 0.261 e. The highest BCUT2D eigenvalue weighted by atomic mass is 32.2. The number of rotatable bonds is 3. The molecule has 1 aliphatic heterocycles. The highest BCUT2D eigenvalue weighted by molar-refractivity contribution is 8.38. The van der Waals surface area contributed by atoms with Crippen LogP contribution in [0, 0.1) is 0 Å². The number of furan rings is 1. The highest BCUT2D eigenvalue weighted by Gasteiger charge is 2.15. The molecule has 0 fully saturated rings. The number of fused-ring (bicyclic) bond motifs is 1. The maximum atomic E-state index is 5.22. The third-order valence-corrected chi connectivity index (χ3v) is 5.36. The zero-order chi connectivity index (χ0) is 14.8. The molecule has 3 heterocycles. The number of hydrogen-bond donors (Lipinski definition) is 0. The summed E-state index contributed by atoms with van der Waals surface area (Å²) in [6.07, 6.45) is 3.17. The fourth-order valence-corrected chi connectivity index (χ4v) is 3.93. The molecule has 0 spiro atoms. The van der Waals surface area contributed by atoms with Gasteiger partial charge in [-0.25, -0.2) is 4.99 Å². The van der Waals surface area contributed by atoms with Crippen molar-refractivity contribution < 1.29 is 8.94 Å². The molecule has 0 unspecified atom stereocenters. The number of benzene rings is 1. The Morgan fingerprint density at radius 2 is 2.18 bits per heavy atom. The van der Waals surface area contributed by atoms with Crippen LogP contribution in [0.1, 0.15) is 11.4 Å². The van der Waals surface area contributed by atoms with Gasteiger partial charge in [-0.1, -0.05) is 46.9 Å². The minimum Gasteiger partial charge on any atom is -0.472 e. The Bertz CT molecular complexity index is 812. The topological polar surface area (TPSA) is 64.4 Å². The zero-order valence-electron chi connectivity index (χ0n) is 11.4. The van der Waals surface area contributed by atoms with Crippen molar-refractivity contribution in [2.45, 2.75) is 11.5 Å². The van der Waals surface area contributed by atoms with Gasteiger partial charge >= 0.3 is 0 Å². The van der Waals surface area contributed by atoms with Crippen molar-refractivity contribution in [3.8, 4) is 11.5 Å². The first kappa shape index (κ1) is 13.7. The number of aliphatic imine (C=N–C) groups is 1. The molecule has 0 aliphatic carbocycles. The van der Waals surface area contributed by atoms with Gasteiger partial charge in [0, 0.05) is 5.75 Å². The molecule has 110 valence electrons. The highest BCUT2D eigenvalue weighted by Crippen LogP contribution is 2.35. The monoisotopic (exact) mass is 329 g/mol. The van der Waals surface area contributed by atoms with Crippen LogP contribution >= 0.6 is 23.5 Å². The molecular formula is C15H11N3O2S2. The molecule has 5 nitrogen and oxygen atoms in total. The van der Waals surface area contributed by atoms with Gasteiger partial charge in [-0.2, -0.15) is 4.98 Å². The third-order valence-electron chi connectivity index (χ3n) is 3.12. The van der Waals surface area contributed by atoms with Crippen molar-refractivity contribution in [1.29, 1.82) is 0 Å². The maximum absolute atomic E-state index is 5.22. The van der Waals surface area contributed by atoms with Crippen LogP contribution < -0.4 is 0 Å². The van der Waals surface area contributed by atoms with Gasteiger partial charge < -0.3 is 8.94 Å². The van der Waals surface area contributed by atoms with Crippen LogP contribution in [0.2, 0.25) is 0 Å². The third kappa shape index (κ3) is 2.82. The predicted octanol–water partition coefficient (Wildman–Crippen LogP) is 4.50. The Labute approximate surface area is 135 Å². The minimum atomic E-state index is 0.480. The first-order valence-corrected chi connectivity index (χ1v) is 8.63. The SMILES string of the molecule is c1ccc2c(c1)CSC(SCc1noc(-c3ccoc3)n1)=N2. The number of nitrogens with zero attached hydrogens (tertiary/aromatic N) is 3. The lowest BCUT2D eigenvalue weighted by atomic mass is 10.2. The standard InChI is InChI=1S/C15H11N3O2S2/c1-2-4-12-11(3-1)8-21-15(16-12)22-9-13-17-14(20-18-13)10-5-6-19-7-10/h1-7H,8-9H2. The molecule has 7 heteroatoms. The molecular weight excluding hydrogens is 318 g/mol. The molecule has 2 aromatic heterocycles. The first-order chi connectivity index (χ1) is 10.9. The van der Waals surface area contributed by atoms with E-state index in [0.29, 0.717) is 17.5 Å². The van der Waals surface area contributed by atoms with Gasteiger partial charge in [0.15, 0.2) is 5.82 Å². The van der Waals surface area contributed by atoms with E-state index in [1.54, 1.807) is 42.1 Å². The van der Waals surface area contributed by atoms with Crippen molar-refractivity contribution in [2.75, 3.05) is 0 Å². The lowest BCUT2D eigenvalue weighted by Crippen LogP contribution is -1.96. The molecule has 0 saturated heterocycles. The Morgan fingerprint density at radius 1 is 1.23 bits per heavy atom. The van der Waals surface area contributed by atoms with Gasteiger partial charge in [0.25, 0.3) is 5.89 Å². The lowest BCUT2D eigenvalue weighted by molar-refractivity contribution is 0.424. The summed E-state index contributed by atoms with van der Waals surface area (Å²) in [6.45, 7) is 0. The largest absolute Gasteiger partial charge is 0.472 e. The van der Waals surface area contributed by atoms with Crippen molar-refractivity contribution in [3.63, 3.8) is 0 Å². The molecule has 1 aromatic carbocycles. The van der Waals surface area contributed by atoms with Gasteiger partial charge in [-0.15, -0.1) is 0 Å². The number of thioether (sulfide) groups is 2. The molecule has 0 radical (unpaired) electrons. The van der Waals surface area contributed by atoms with E-state index in [0.717, 1.165) is 21.4 Å². The minimum absolute atomic E-state index is 0.480. The molecule has 0 N–H and O–H groups in total. The Hall–Kier alpha value is -1.99. The Balaban J connectivity index is 1.44. The van der Waals surface area contributed by atoms with Crippen molar-refractivity contribution in [3.05, 3.63) is 54.2 Å². The Kier molecular flexibility index (Phi) is 3.74. The average Bonchev–Trinajstić information content (AvgIpc) is 3.24. The van der Waals surface area contributed by atoms with E-state index in [4.69, 9.17) is 8.94 Å². The summed E-state index contributed by atoms with van der Waals surface area (Å²) in [7, 11) is 0. The van der Waals surface area contributed by atoms with Crippen LogP contribution in [-0.4, -0.2) is 14.5 Å². The number of hydrogen-bond acceptors (Lipinski definition) is 7. The second-order valence-corrected chi connectivity index (χ2v) is 6.80. The average molecular weight is 329 g/mol. The fourth-order valence-electron chi connectivity index (χ4n) is 2.03. The van der Waals surface area contributed by atoms with E-state index >= 15 is 0 Å². The summed E-state index contributed by atoms with van der Waals surface area (Å²) in [6, 6.07) is 10.0. The zero-order valence-corrected chi connectivity index (χ0v) is 13.1. The van der Waals surface area contributed by atoms with E-state index in [2.05, 4.69) is 21.2 Å². The van der Waals surface area contributed by atoms with Crippen LogP contribution in [-0.2, 0) is 11.5 Å². The normalized spacial score (nSPS) is 13.7. The van der Waals surface area contributed by atoms with Crippen LogP contribution in [0.25, 0.3) is 11.5 Å². The molecule has 0 bridgehead atoms. The Morgan fingerprint density at radius 3 is 3.09 bits per heavy atom. The van der Waals surface area contributed by atoms with Gasteiger partial charge in [-0.05, 0) is 17.7 Å². The van der Waals surface area contributed by atoms with Crippen LogP contribution in [0.15, 0.2) is 56.8 Å². The summed E-state index contributed by atoms with van der Waals surface area (Å²) in [5, 5.41) is 3.99. The van der Waals surface area contributed by atoms with Crippen molar-refractivity contribution in [1.82, 2.24) is 10.1 Å². The van der Waals surface area contributed by atoms with E-state index in [9.17, 15) is 0 Å². The maximum Gasteiger partial charge on any atom is 0.261 e. The van der Waals surface area contributed by atoms with E-state index in [1.165, 1.54) is 5.56 Å². The first-order valence-electron chi connectivity index (χ1n) is 6.66. The van der Waals surface area contributed by atoms with Crippen molar-refractivity contribution >= 4 is 33.6 Å². The number of para-hydroxylation sites is 1. The molecule has 1 aliphatic rings. The van der Waals surface area contributed by atoms with Gasteiger partial charge in [0.1, 0.15) is 10.6 Å². The predicted molar refractivity (Wildman–Crippen MR) is 88.1 cm³/mol. The molecule has 4 rings (SSSR count). The lowest BCUT2D eigenvalue weighted by Gasteiger charge is -2.13. The summed E-state index contributed by atoms with van der Waals surface area (Å²) < 4.78 is 11.3. The summed E-state index contributed by atoms with van der Waals surface area (Å²) in [4.78, 5) is 9.02. The van der Waals surface area contributed by atoms with E-state index in [-0.39, 0.29) is 0 Å². The fraction of sp³-hybridized carbons (Fsp3) is 0.133. The molecule has 22 heavy (non-hydrogen) atoms. The second kappa shape index (κ2) is 6.02. The summed E-state index contributed by atoms with van der Waals surface area (Å²) >= 11 is 3.37. The quantitative estimate of drug-likeness (QED) is 0.705. The van der Waals surface area contributed by atoms with Crippen molar-refractivity contribution in [2.24, 2.45) is 4.99 Å². The number of aromatic nitrogens is 2.